The fraction of sp³-hybridized carbons (Fsp3) is 0.0588. The maximum atomic E-state index is 5.40. The lowest BCUT2D eigenvalue weighted by molar-refractivity contribution is 0.416. The second-order valence-electron chi connectivity index (χ2n) is 4.86. The molecule has 0 unspecified atom stereocenters. The third kappa shape index (κ3) is 2.03. The lowest BCUT2D eigenvalue weighted by Gasteiger charge is -2.04. The minimum Gasteiger partial charge on any atom is -0.496 e. The zero-order valence-electron chi connectivity index (χ0n) is 11.9. The van der Waals surface area contributed by atoms with Crippen LogP contribution in [0.5, 0.6) is 5.75 Å². The van der Waals surface area contributed by atoms with Crippen molar-refractivity contribution in [2.75, 3.05) is 7.11 Å². The van der Waals surface area contributed by atoms with E-state index in [-0.39, 0.29) is 0 Å². The first-order valence-corrected chi connectivity index (χ1v) is 6.88. The summed E-state index contributed by atoms with van der Waals surface area (Å²) < 4.78 is 10.8. The summed E-state index contributed by atoms with van der Waals surface area (Å²) in [4.78, 5) is 12.2. The molecule has 0 bridgehead atoms. The molecule has 0 saturated carbocycles. The van der Waals surface area contributed by atoms with E-state index in [0.717, 1.165) is 34.0 Å². The van der Waals surface area contributed by atoms with Gasteiger partial charge in [0.1, 0.15) is 17.3 Å². The SMILES string of the molecule is COc1ccccc1-c1nc2ncc(-c3ccco3)cc2[nH]1. The van der Waals surface area contributed by atoms with Gasteiger partial charge in [-0.05, 0) is 30.3 Å². The van der Waals surface area contributed by atoms with Gasteiger partial charge in [0.15, 0.2) is 5.65 Å². The Morgan fingerprint density at radius 2 is 2.05 bits per heavy atom. The highest BCUT2D eigenvalue weighted by Crippen LogP contribution is 2.29. The van der Waals surface area contributed by atoms with Crippen LogP contribution in [0.4, 0.5) is 0 Å². The van der Waals surface area contributed by atoms with Crippen molar-refractivity contribution in [1.82, 2.24) is 15.0 Å². The molecule has 3 aromatic heterocycles. The third-order valence-corrected chi connectivity index (χ3v) is 3.51. The fourth-order valence-corrected chi connectivity index (χ4v) is 2.45. The zero-order chi connectivity index (χ0) is 14.9. The predicted molar refractivity (Wildman–Crippen MR) is 83.6 cm³/mol. The monoisotopic (exact) mass is 291 g/mol. The number of rotatable bonds is 3. The van der Waals surface area contributed by atoms with Crippen molar-refractivity contribution < 1.29 is 9.15 Å². The Balaban J connectivity index is 1.84. The lowest BCUT2D eigenvalue weighted by Crippen LogP contribution is -1.88. The van der Waals surface area contributed by atoms with E-state index in [9.17, 15) is 0 Å². The number of nitrogens with zero attached hydrogens (tertiary/aromatic N) is 2. The Morgan fingerprint density at radius 1 is 1.14 bits per heavy atom. The number of imidazole rings is 1. The quantitative estimate of drug-likeness (QED) is 0.622. The minimum atomic E-state index is 0.663. The van der Waals surface area contributed by atoms with Crippen LogP contribution in [0.15, 0.2) is 59.3 Å². The average Bonchev–Trinajstić information content (AvgIpc) is 3.23. The maximum Gasteiger partial charge on any atom is 0.178 e. The molecule has 0 fully saturated rings. The summed E-state index contributed by atoms with van der Waals surface area (Å²) in [6, 6.07) is 13.5. The van der Waals surface area contributed by atoms with Crippen LogP contribution in [0.3, 0.4) is 0 Å². The molecule has 4 aromatic rings. The van der Waals surface area contributed by atoms with E-state index in [4.69, 9.17) is 9.15 Å². The average molecular weight is 291 g/mol. The van der Waals surface area contributed by atoms with Gasteiger partial charge in [-0.3, -0.25) is 0 Å². The molecule has 0 spiro atoms. The van der Waals surface area contributed by atoms with Gasteiger partial charge in [0.25, 0.3) is 0 Å². The molecule has 22 heavy (non-hydrogen) atoms. The number of H-pyrrole nitrogens is 1. The summed E-state index contributed by atoms with van der Waals surface area (Å²) >= 11 is 0. The van der Waals surface area contributed by atoms with Gasteiger partial charge in [-0.25, -0.2) is 9.97 Å². The molecule has 1 N–H and O–H groups in total. The predicted octanol–water partition coefficient (Wildman–Crippen LogP) is 3.89. The fourth-order valence-electron chi connectivity index (χ4n) is 2.45. The number of pyridine rings is 1. The number of para-hydroxylation sites is 1. The van der Waals surface area contributed by atoms with E-state index in [2.05, 4.69) is 15.0 Å². The molecule has 0 atom stereocenters. The number of hydrogen-bond donors (Lipinski definition) is 1. The van der Waals surface area contributed by atoms with Gasteiger partial charge in [-0.15, -0.1) is 0 Å². The molecule has 3 heterocycles. The van der Waals surface area contributed by atoms with Gasteiger partial charge in [-0.1, -0.05) is 12.1 Å². The summed E-state index contributed by atoms with van der Waals surface area (Å²) in [6.07, 6.45) is 3.40. The maximum absolute atomic E-state index is 5.40. The van der Waals surface area contributed by atoms with E-state index in [1.165, 1.54) is 0 Å². The smallest absolute Gasteiger partial charge is 0.178 e. The second-order valence-corrected chi connectivity index (χ2v) is 4.86. The van der Waals surface area contributed by atoms with Crippen LogP contribution in [0, 0.1) is 0 Å². The second kappa shape index (κ2) is 5.04. The molecule has 0 aliphatic heterocycles. The van der Waals surface area contributed by atoms with E-state index in [0.29, 0.717) is 5.65 Å². The molecule has 0 saturated heterocycles. The van der Waals surface area contributed by atoms with E-state index in [1.54, 1.807) is 19.6 Å². The summed E-state index contributed by atoms with van der Waals surface area (Å²) in [7, 11) is 1.65. The first-order valence-electron chi connectivity index (χ1n) is 6.88. The number of nitrogens with one attached hydrogen (secondary N) is 1. The van der Waals surface area contributed by atoms with Crippen molar-refractivity contribution >= 4 is 11.2 Å². The molecular weight excluding hydrogens is 278 g/mol. The molecule has 0 aliphatic carbocycles. The molecule has 0 aliphatic rings. The van der Waals surface area contributed by atoms with Gasteiger partial charge >= 0.3 is 0 Å². The van der Waals surface area contributed by atoms with Gasteiger partial charge in [0.2, 0.25) is 0 Å². The summed E-state index contributed by atoms with van der Waals surface area (Å²) in [6.45, 7) is 0. The Bertz CT molecular complexity index is 926. The van der Waals surface area contributed by atoms with Gasteiger partial charge < -0.3 is 14.1 Å². The van der Waals surface area contributed by atoms with Crippen molar-refractivity contribution in [2.45, 2.75) is 0 Å². The zero-order valence-corrected chi connectivity index (χ0v) is 11.9. The van der Waals surface area contributed by atoms with Crippen LogP contribution < -0.4 is 4.74 Å². The number of aromatic amines is 1. The van der Waals surface area contributed by atoms with Crippen molar-refractivity contribution in [2.24, 2.45) is 0 Å². The number of benzene rings is 1. The molecule has 5 heteroatoms. The number of hydrogen-bond acceptors (Lipinski definition) is 4. The highest BCUT2D eigenvalue weighted by Gasteiger charge is 2.12. The first kappa shape index (κ1) is 12.6. The standard InChI is InChI=1S/C17H13N3O2/c1-21-15-6-3-2-5-12(15)16-19-13-9-11(10-18-17(13)20-16)14-7-4-8-22-14/h2-10H,1H3,(H,18,19,20). The lowest BCUT2D eigenvalue weighted by atomic mass is 10.2. The molecule has 1 aromatic carbocycles. The number of methoxy groups -OCH3 is 1. The Kier molecular flexibility index (Phi) is 2.89. The van der Waals surface area contributed by atoms with E-state index < -0.39 is 0 Å². The molecule has 4 rings (SSSR count). The number of furan rings is 1. The van der Waals surface area contributed by atoms with Crippen LogP contribution in [-0.2, 0) is 0 Å². The van der Waals surface area contributed by atoms with Crippen molar-refractivity contribution in [3.63, 3.8) is 0 Å². The van der Waals surface area contributed by atoms with Crippen LogP contribution in [0.25, 0.3) is 33.9 Å². The molecule has 0 radical (unpaired) electrons. The third-order valence-electron chi connectivity index (χ3n) is 3.51. The molecule has 0 amide bonds. The normalized spacial score (nSPS) is 11.0. The van der Waals surface area contributed by atoms with E-state index in [1.807, 2.05) is 42.5 Å². The van der Waals surface area contributed by atoms with E-state index >= 15 is 0 Å². The molecule has 108 valence electrons. The number of aromatic nitrogens is 3. The number of fused-ring (bicyclic) bond motifs is 1. The van der Waals surface area contributed by atoms with Crippen LogP contribution in [0.2, 0.25) is 0 Å². The van der Waals surface area contributed by atoms with Crippen LogP contribution in [-0.4, -0.2) is 22.1 Å². The van der Waals surface area contributed by atoms with Crippen LogP contribution in [0.1, 0.15) is 0 Å². The Hall–Kier alpha value is -3.08. The van der Waals surface area contributed by atoms with Crippen molar-refractivity contribution in [3.05, 3.63) is 54.9 Å². The molecule has 5 nitrogen and oxygen atoms in total. The van der Waals surface area contributed by atoms with Gasteiger partial charge in [0, 0.05) is 11.8 Å². The largest absolute Gasteiger partial charge is 0.496 e. The van der Waals surface area contributed by atoms with Gasteiger partial charge in [0.05, 0.1) is 24.5 Å². The molecular formula is C17H13N3O2. The highest BCUT2D eigenvalue weighted by atomic mass is 16.5. The first-order chi connectivity index (χ1) is 10.8. The number of ether oxygens (including phenoxy) is 1. The van der Waals surface area contributed by atoms with Gasteiger partial charge in [-0.2, -0.15) is 0 Å². The van der Waals surface area contributed by atoms with Crippen molar-refractivity contribution in [3.8, 4) is 28.5 Å². The Labute approximate surface area is 126 Å². The summed E-state index contributed by atoms with van der Waals surface area (Å²) in [5, 5.41) is 0. The highest BCUT2D eigenvalue weighted by molar-refractivity contribution is 5.81. The summed E-state index contributed by atoms with van der Waals surface area (Å²) in [5.74, 6) is 2.28. The minimum absolute atomic E-state index is 0.663. The van der Waals surface area contributed by atoms with Crippen LogP contribution >= 0.6 is 0 Å². The topological polar surface area (TPSA) is 63.9 Å². The summed E-state index contributed by atoms with van der Waals surface area (Å²) in [5.41, 5.74) is 3.33. The Morgan fingerprint density at radius 3 is 2.86 bits per heavy atom. The van der Waals surface area contributed by atoms with Crippen molar-refractivity contribution in [1.29, 1.82) is 0 Å².